The molecule has 2 heterocycles. The maximum Gasteiger partial charge on any atom is 0.263 e. The van der Waals surface area contributed by atoms with E-state index in [1.165, 1.54) is 0 Å². The molecule has 1 amide bonds. The van der Waals surface area contributed by atoms with Crippen LogP contribution in [0.1, 0.15) is 5.56 Å². The monoisotopic (exact) mass is 377 g/mol. The molecule has 0 fully saturated rings. The van der Waals surface area contributed by atoms with E-state index in [0.29, 0.717) is 18.1 Å². The molecule has 28 heavy (non-hydrogen) atoms. The molecule has 0 bridgehead atoms. The lowest BCUT2D eigenvalue weighted by Crippen LogP contribution is -2.20. The van der Waals surface area contributed by atoms with E-state index in [1.807, 2.05) is 42.5 Å². The molecule has 2 aromatic carbocycles. The van der Waals surface area contributed by atoms with Crippen LogP contribution in [0, 0.1) is 0 Å². The predicted octanol–water partition coefficient (Wildman–Crippen LogP) is 3.44. The van der Waals surface area contributed by atoms with Gasteiger partial charge in [-0.3, -0.25) is 4.79 Å². The third-order valence-corrected chi connectivity index (χ3v) is 4.08. The van der Waals surface area contributed by atoms with Crippen molar-refractivity contribution in [3.05, 3.63) is 72.4 Å². The Bertz CT molecular complexity index is 946. The van der Waals surface area contributed by atoms with E-state index >= 15 is 0 Å². The van der Waals surface area contributed by atoms with Gasteiger partial charge in [-0.25, -0.2) is 4.98 Å². The first-order valence-electron chi connectivity index (χ1n) is 8.82. The highest BCUT2D eigenvalue weighted by molar-refractivity contribution is 5.91. The van der Waals surface area contributed by atoms with Crippen LogP contribution in [0.25, 0.3) is 0 Å². The van der Waals surface area contributed by atoms with Crippen molar-refractivity contribution < 1.29 is 19.0 Å². The van der Waals surface area contributed by atoms with Crippen molar-refractivity contribution in [3.63, 3.8) is 0 Å². The number of carbonyl (C=O) groups excluding carboxylic acids is 1. The molecule has 1 aliphatic heterocycles. The van der Waals surface area contributed by atoms with Gasteiger partial charge in [-0.15, -0.1) is 0 Å². The van der Waals surface area contributed by atoms with Gasteiger partial charge in [0.15, 0.2) is 18.1 Å². The minimum atomic E-state index is -0.266. The number of anilines is 2. The Morgan fingerprint density at radius 1 is 1.04 bits per heavy atom. The van der Waals surface area contributed by atoms with Crippen molar-refractivity contribution in [1.82, 2.24) is 4.98 Å². The average Bonchev–Trinajstić information content (AvgIpc) is 3.20. The van der Waals surface area contributed by atoms with Crippen molar-refractivity contribution in [1.29, 1.82) is 0 Å². The Balaban J connectivity index is 1.26. The molecule has 7 nitrogen and oxygen atoms in total. The number of hydrogen-bond donors (Lipinski definition) is 2. The molecule has 0 unspecified atom stereocenters. The zero-order valence-corrected chi connectivity index (χ0v) is 15.1. The molecule has 0 aliphatic carbocycles. The number of pyridine rings is 1. The molecule has 1 aliphatic rings. The third-order valence-electron chi connectivity index (χ3n) is 4.08. The highest BCUT2D eigenvalue weighted by atomic mass is 16.7. The van der Waals surface area contributed by atoms with Gasteiger partial charge in [-0.05, 0) is 42.0 Å². The number of nitrogens with zero attached hydrogens (tertiary/aromatic N) is 1. The van der Waals surface area contributed by atoms with Crippen molar-refractivity contribution in [2.75, 3.05) is 24.0 Å². The summed E-state index contributed by atoms with van der Waals surface area (Å²) in [6.07, 6.45) is 1.67. The number of amides is 1. The Hall–Kier alpha value is -3.74. The number of aromatic nitrogens is 1. The van der Waals surface area contributed by atoms with Crippen molar-refractivity contribution >= 4 is 17.4 Å². The van der Waals surface area contributed by atoms with Crippen molar-refractivity contribution in [2.24, 2.45) is 0 Å². The van der Waals surface area contributed by atoms with Gasteiger partial charge in [0.25, 0.3) is 5.91 Å². The van der Waals surface area contributed by atoms with Crippen LogP contribution in [-0.2, 0) is 11.3 Å². The summed E-state index contributed by atoms with van der Waals surface area (Å²) >= 11 is 0. The zero-order chi connectivity index (χ0) is 19.2. The first-order chi connectivity index (χ1) is 13.8. The van der Waals surface area contributed by atoms with Crippen LogP contribution in [0.15, 0.2) is 66.9 Å². The molecule has 1 aromatic heterocycles. The lowest BCUT2D eigenvalue weighted by molar-refractivity contribution is -0.118. The number of nitrogens with one attached hydrogen (secondary N) is 2. The Morgan fingerprint density at radius 2 is 1.89 bits per heavy atom. The van der Waals surface area contributed by atoms with Crippen LogP contribution in [0.4, 0.5) is 11.5 Å². The summed E-state index contributed by atoms with van der Waals surface area (Å²) < 4.78 is 16.1. The second-order valence-corrected chi connectivity index (χ2v) is 6.12. The summed E-state index contributed by atoms with van der Waals surface area (Å²) in [4.78, 5) is 16.2. The maximum absolute atomic E-state index is 12.0. The molecule has 7 heteroatoms. The fourth-order valence-electron chi connectivity index (χ4n) is 2.67. The summed E-state index contributed by atoms with van der Waals surface area (Å²) in [6, 6.07) is 18.6. The fraction of sp³-hybridized carbons (Fsp3) is 0.143. The predicted molar refractivity (Wildman–Crippen MR) is 105 cm³/mol. The number of ether oxygens (including phenoxy) is 3. The number of carbonyl (C=O) groups is 1. The van der Waals surface area contributed by atoms with Gasteiger partial charge in [0, 0.05) is 6.54 Å². The van der Waals surface area contributed by atoms with E-state index in [-0.39, 0.29) is 19.3 Å². The van der Waals surface area contributed by atoms with Gasteiger partial charge in [0.2, 0.25) is 6.79 Å². The molecule has 0 radical (unpaired) electrons. The number of para-hydroxylation sites is 1. The minimum absolute atomic E-state index is 0.0736. The van der Waals surface area contributed by atoms with E-state index in [4.69, 9.17) is 14.2 Å². The summed E-state index contributed by atoms with van der Waals surface area (Å²) in [5, 5.41) is 5.99. The SMILES string of the molecule is O=C(COc1ccccc1)Nc1ccc(NCc2ccc3c(c2)OCO3)cn1. The van der Waals surface area contributed by atoms with E-state index in [1.54, 1.807) is 24.4 Å². The molecular weight excluding hydrogens is 358 g/mol. The van der Waals surface area contributed by atoms with Crippen LogP contribution in [0.3, 0.4) is 0 Å². The molecule has 142 valence electrons. The summed E-state index contributed by atoms with van der Waals surface area (Å²) in [7, 11) is 0. The van der Waals surface area contributed by atoms with Crippen molar-refractivity contribution in [2.45, 2.75) is 6.54 Å². The molecule has 0 saturated carbocycles. The lowest BCUT2D eigenvalue weighted by atomic mass is 10.2. The molecule has 0 atom stereocenters. The van der Waals surface area contributed by atoms with E-state index in [0.717, 1.165) is 22.7 Å². The van der Waals surface area contributed by atoms with Crippen LogP contribution >= 0.6 is 0 Å². The molecule has 4 rings (SSSR count). The zero-order valence-electron chi connectivity index (χ0n) is 15.1. The number of fused-ring (bicyclic) bond motifs is 1. The summed E-state index contributed by atoms with van der Waals surface area (Å²) in [5.74, 6) is 2.37. The second-order valence-electron chi connectivity index (χ2n) is 6.12. The smallest absolute Gasteiger partial charge is 0.263 e. The number of rotatable bonds is 7. The number of benzene rings is 2. The van der Waals surface area contributed by atoms with E-state index in [2.05, 4.69) is 15.6 Å². The topological polar surface area (TPSA) is 81.7 Å². The molecule has 0 saturated heterocycles. The van der Waals surface area contributed by atoms with Gasteiger partial charge in [0.1, 0.15) is 11.6 Å². The molecule has 2 N–H and O–H groups in total. The van der Waals surface area contributed by atoms with Crippen LogP contribution < -0.4 is 24.8 Å². The van der Waals surface area contributed by atoms with Crippen LogP contribution in [0.5, 0.6) is 17.2 Å². The van der Waals surface area contributed by atoms with E-state index < -0.39 is 0 Å². The van der Waals surface area contributed by atoms with Gasteiger partial charge in [-0.2, -0.15) is 0 Å². The molecule has 0 spiro atoms. The minimum Gasteiger partial charge on any atom is -0.484 e. The Labute approximate surface area is 162 Å². The lowest BCUT2D eigenvalue weighted by Gasteiger charge is -2.09. The average molecular weight is 377 g/mol. The van der Waals surface area contributed by atoms with Gasteiger partial charge in [-0.1, -0.05) is 24.3 Å². The first-order valence-corrected chi connectivity index (χ1v) is 8.82. The normalized spacial score (nSPS) is 11.7. The standard InChI is InChI=1S/C21H19N3O4/c25-21(13-26-17-4-2-1-3-5-17)24-20-9-7-16(12-23-20)22-11-15-6-8-18-19(10-15)28-14-27-18/h1-10,12,22H,11,13-14H2,(H,23,24,25). The Morgan fingerprint density at radius 3 is 2.71 bits per heavy atom. The van der Waals surface area contributed by atoms with Crippen LogP contribution in [-0.4, -0.2) is 24.3 Å². The second kappa shape index (κ2) is 8.30. The quantitative estimate of drug-likeness (QED) is 0.656. The Kier molecular flexibility index (Phi) is 5.24. The number of hydrogen-bond acceptors (Lipinski definition) is 6. The summed E-state index contributed by atoms with van der Waals surface area (Å²) in [5.41, 5.74) is 1.91. The third kappa shape index (κ3) is 4.50. The van der Waals surface area contributed by atoms with Crippen molar-refractivity contribution in [3.8, 4) is 17.2 Å². The largest absolute Gasteiger partial charge is 0.484 e. The first kappa shape index (κ1) is 17.7. The maximum atomic E-state index is 12.0. The van der Waals surface area contributed by atoms with Gasteiger partial charge in [0.05, 0.1) is 11.9 Å². The fourth-order valence-corrected chi connectivity index (χ4v) is 2.67. The summed E-state index contributed by atoms with van der Waals surface area (Å²) in [6.45, 7) is 0.810. The highest BCUT2D eigenvalue weighted by Crippen LogP contribution is 2.32. The molecular formula is C21H19N3O4. The molecule has 3 aromatic rings. The van der Waals surface area contributed by atoms with Gasteiger partial charge >= 0.3 is 0 Å². The van der Waals surface area contributed by atoms with Crippen LogP contribution in [0.2, 0.25) is 0 Å². The van der Waals surface area contributed by atoms with E-state index in [9.17, 15) is 4.79 Å². The van der Waals surface area contributed by atoms with Gasteiger partial charge < -0.3 is 24.8 Å². The highest BCUT2D eigenvalue weighted by Gasteiger charge is 2.13.